The molecule has 1 heterocycles. The van der Waals surface area contributed by atoms with Crippen LogP contribution in [0.25, 0.3) is 0 Å². The van der Waals surface area contributed by atoms with Crippen LogP contribution in [-0.2, 0) is 23.9 Å². The Bertz CT molecular complexity index is 810. The van der Waals surface area contributed by atoms with E-state index >= 15 is 0 Å². The van der Waals surface area contributed by atoms with Crippen molar-refractivity contribution in [2.45, 2.75) is 6.42 Å². The first kappa shape index (κ1) is 22.3. The lowest BCUT2D eigenvalue weighted by Gasteiger charge is -2.16. The lowest BCUT2D eigenvalue weighted by atomic mass is 10.2. The number of carbonyl (C=O) groups is 4. The van der Waals surface area contributed by atoms with E-state index in [1.54, 1.807) is 24.3 Å². The summed E-state index contributed by atoms with van der Waals surface area (Å²) >= 11 is 1.25. The molecule has 2 rings (SSSR count). The standard InChI is InChI=1S/C19H22N2O7S/c1-26-14-6-3-5-13(9-14)19(25)20-11-18(24)28-8-4-7-21-15(22)12-29-16(21)10-17(23)27-2/h3,5-6,9-10H,4,7-8,11-12H2,1-2H3,(H,20,25)/b16-10+. The van der Waals surface area contributed by atoms with Crippen molar-refractivity contribution in [3.8, 4) is 5.75 Å². The molecule has 1 aliphatic rings. The molecule has 1 aliphatic heterocycles. The molecule has 1 N–H and O–H groups in total. The zero-order valence-corrected chi connectivity index (χ0v) is 17.0. The maximum Gasteiger partial charge on any atom is 0.333 e. The third-order valence-corrected chi connectivity index (χ3v) is 4.89. The van der Waals surface area contributed by atoms with Crippen molar-refractivity contribution in [1.82, 2.24) is 10.2 Å². The van der Waals surface area contributed by atoms with Crippen LogP contribution >= 0.6 is 11.8 Å². The number of nitrogens with one attached hydrogen (secondary N) is 1. The van der Waals surface area contributed by atoms with E-state index in [-0.39, 0.29) is 24.8 Å². The molecule has 156 valence electrons. The summed E-state index contributed by atoms with van der Waals surface area (Å²) in [6.07, 6.45) is 1.65. The number of amides is 2. The van der Waals surface area contributed by atoms with Gasteiger partial charge in [0.15, 0.2) is 0 Å². The van der Waals surface area contributed by atoms with Gasteiger partial charge in [0.1, 0.15) is 12.3 Å². The van der Waals surface area contributed by atoms with Gasteiger partial charge in [0.05, 0.1) is 37.7 Å². The Morgan fingerprint density at radius 3 is 2.79 bits per heavy atom. The molecule has 9 nitrogen and oxygen atoms in total. The number of rotatable bonds is 9. The maximum absolute atomic E-state index is 12.0. The largest absolute Gasteiger partial charge is 0.497 e. The average molecular weight is 422 g/mol. The smallest absolute Gasteiger partial charge is 0.333 e. The molecule has 0 aromatic heterocycles. The van der Waals surface area contributed by atoms with Gasteiger partial charge >= 0.3 is 11.9 Å². The average Bonchev–Trinajstić information content (AvgIpc) is 3.08. The number of thioether (sulfide) groups is 1. The topological polar surface area (TPSA) is 111 Å². The molecule has 0 bridgehead atoms. The van der Waals surface area contributed by atoms with Crippen molar-refractivity contribution in [3.05, 3.63) is 40.9 Å². The van der Waals surface area contributed by atoms with Crippen LogP contribution in [0.1, 0.15) is 16.8 Å². The number of hydrogen-bond acceptors (Lipinski definition) is 8. The first-order valence-electron chi connectivity index (χ1n) is 8.75. The summed E-state index contributed by atoms with van der Waals surface area (Å²) in [6.45, 7) is 0.105. The van der Waals surface area contributed by atoms with Crippen molar-refractivity contribution >= 4 is 35.5 Å². The fourth-order valence-corrected chi connectivity index (χ4v) is 3.36. The van der Waals surface area contributed by atoms with Gasteiger partial charge in [0.25, 0.3) is 5.91 Å². The number of ether oxygens (including phenoxy) is 3. The summed E-state index contributed by atoms with van der Waals surface area (Å²) in [5.41, 5.74) is 0.368. The minimum atomic E-state index is -0.589. The van der Waals surface area contributed by atoms with Gasteiger partial charge in [0, 0.05) is 12.1 Å². The van der Waals surface area contributed by atoms with Crippen molar-refractivity contribution in [1.29, 1.82) is 0 Å². The highest BCUT2D eigenvalue weighted by molar-refractivity contribution is 8.04. The summed E-state index contributed by atoms with van der Waals surface area (Å²) in [5, 5.41) is 2.99. The number of hydrogen-bond donors (Lipinski definition) is 1. The molecular weight excluding hydrogens is 400 g/mol. The molecule has 1 aromatic rings. The van der Waals surface area contributed by atoms with Gasteiger partial charge in [-0.25, -0.2) is 4.79 Å². The molecule has 0 radical (unpaired) electrons. The van der Waals surface area contributed by atoms with E-state index in [0.29, 0.717) is 29.3 Å². The maximum atomic E-state index is 12.0. The fraction of sp³-hybridized carbons (Fsp3) is 0.368. The monoisotopic (exact) mass is 422 g/mol. The van der Waals surface area contributed by atoms with E-state index in [1.807, 2.05) is 0 Å². The van der Waals surface area contributed by atoms with E-state index < -0.39 is 17.8 Å². The van der Waals surface area contributed by atoms with Crippen LogP contribution in [0.2, 0.25) is 0 Å². The van der Waals surface area contributed by atoms with Gasteiger partial charge < -0.3 is 24.4 Å². The van der Waals surface area contributed by atoms with Crippen LogP contribution in [-0.4, -0.2) is 68.3 Å². The molecular formula is C19H22N2O7S. The minimum absolute atomic E-state index is 0.0772. The molecule has 0 spiro atoms. The summed E-state index contributed by atoms with van der Waals surface area (Å²) in [5.74, 6) is -0.881. The van der Waals surface area contributed by atoms with Gasteiger partial charge in [-0.3, -0.25) is 14.4 Å². The Morgan fingerprint density at radius 1 is 1.28 bits per heavy atom. The van der Waals surface area contributed by atoms with Gasteiger partial charge in [-0.1, -0.05) is 17.8 Å². The number of esters is 2. The number of benzene rings is 1. The van der Waals surface area contributed by atoms with E-state index in [4.69, 9.17) is 9.47 Å². The van der Waals surface area contributed by atoms with Crippen molar-refractivity contribution in [2.24, 2.45) is 0 Å². The Kier molecular flexibility index (Phi) is 8.53. The van der Waals surface area contributed by atoms with E-state index in [2.05, 4.69) is 10.1 Å². The summed E-state index contributed by atoms with van der Waals surface area (Å²) in [4.78, 5) is 48.5. The van der Waals surface area contributed by atoms with Gasteiger partial charge in [0.2, 0.25) is 5.91 Å². The Labute approximate surface area is 172 Å². The normalized spacial score (nSPS) is 14.6. The third kappa shape index (κ3) is 6.83. The van der Waals surface area contributed by atoms with Crippen LogP contribution in [0.4, 0.5) is 0 Å². The molecule has 0 unspecified atom stereocenters. The summed E-state index contributed by atoms with van der Waals surface area (Å²) in [7, 11) is 2.76. The van der Waals surface area contributed by atoms with Gasteiger partial charge in [-0.15, -0.1) is 0 Å². The van der Waals surface area contributed by atoms with Crippen molar-refractivity contribution in [3.63, 3.8) is 0 Å². The molecule has 0 saturated carbocycles. The summed E-state index contributed by atoms with van der Waals surface area (Å²) in [6, 6.07) is 6.55. The van der Waals surface area contributed by atoms with Gasteiger partial charge in [-0.2, -0.15) is 0 Å². The van der Waals surface area contributed by atoms with Crippen LogP contribution in [0, 0.1) is 0 Å². The van der Waals surface area contributed by atoms with Crippen molar-refractivity contribution < 1.29 is 33.4 Å². The Hall–Kier alpha value is -3.01. The predicted molar refractivity (Wildman–Crippen MR) is 105 cm³/mol. The van der Waals surface area contributed by atoms with Crippen molar-refractivity contribution in [2.75, 3.05) is 39.7 Å². The molecule has 0 atom stereocenters. The number of nitrogens with zero attached hydrogens (tertiary/aromatic N) is 1. The molecule has 2 amide bonds. The highest BCUT2D eigenvalue weighted by Gasteiger charge is 2.27. The third-order valence-electron chi connectivity index (χ3n) is 3.87. The Morgan fingerprint density at radius 2 is 2.07 bits per heavy atom. The van der Waals surface area contributed by atoms with E-state index in [0.717, 1.165) is 0 Å². The van der Waals surface area contributed by atoms with E-state index in [9.17, 15) is 19.2 Å². The first-order valence-corrected chi connectivity index (χ1v) is 9.74. The first-order chi connectivity index (χ1) is 13.9. The van der Waals surface area contributed by atoms with Crippen LogP contribution < -0.4 is 10.1 Å². The minimum Gasteiger partial charge on any atom is -0.497 e. The molecule has 1 aromatic carbocycles. The SMILES string of the molecule is COC(=O)/C=C1/SCC(=O)N1CCCOC(=O)CNC(=O)c1cccc(OC)c1. The zero-order chi connectivity index (χ0) is 21.2. The van der Waals surface area contributed by atoms with Crippen LogP contribution in [0.5, 0.6) is 5.75 Å². The highest BCUT2D eigenvalue weighted by Crippen LogP contribution is 2.28. The second-order valence-corrected chi connectivity index (χ2v) is 6.82. The quantitative estimate of drug-likeness (QED) is 0.356. The second-order valence-electron chi connectivity index (χ2n) is 5.83. The predicted octanol–water partition coefficient (Wildman–Crippen LogP) is 0.948. The number of carbonyl (C=O) groups excluding carboxylic acids is 4. The zero-order valence-electron chi connectivity index (χ0n) is 16.1. The lowest BCUT2D eigenvalue weighted by molar-refractivity contribution is -0.142. The molecule has 0 aliphatic carbocycles. The molecule has 29 heavy (non-hydrogen) atoms. The highest BCUT2D eigenvalue weighted by atomic mass is 32.2. The summed E-state index contributed by atoms with van der Waals surface area (Å²) < 4.78 is 14.7. The van der Waals surface area contributed by atoms with Crippen LogP contribution in [0.3, 0.4) is 0 Å². The van der Waals surface area contributed by atoms with E-state index in [1.165, 1.54) is 37.0 Å². The number of methoxy groups -OCH3 is 2. The fourth-order valence-electron chi connectivity index (χ4n) is 2.41. The van der Waals surface area contributed by atoms with Crippen LogP contribution in [0.15, 0.2) is 35.4 Å². The Balaban J connectivity index is 1.71. The molecule has 10 heteroatoms. The molecule has 1 saturated heterocycles. The molecule has 1 fully saturated rings. The second kappa shape index (κ2) is 11.1. The lowest BCUT2D eigenvalue weighted by Crippen LogP contribution is -2.31. The van der Waals surface area contributed by atoms with Gasteiger partial charge in [-0.05, 0) is 24.6 Å².